The first-order chi connectivity index (χ1) is 12.1. The minimum atomic E-state index is -0.538. The van der Waals surface area contributed by atoms with Crippen LogP contribution in [0.4, 0.5) is 0 Å². The van der Waals surface area contributed by atoms with Gasteiger partial charge in [-0.2, -0.15) is 5.10 Å². The third-order valence-corrected chi connectivity index (χ3v) is 4.26. The molecule has 0 aliphatic heterocycles. The Morgan fingerprint density at radius 1 is 1.24 bits per heavy atom. The molecule has 2 aromatic rings. The molecule has 2 amide bonds. The molecular formula is C19H24N4O2. The molecule has 0 unspecified atom stereocenters. The van der Waals surface area contributed by atoms with E-state index in [0.717, 1.165) is 24.0 Å². The number of carbonyl (C=O) groups is 2. The van der Waals surface area contributed by atoms with Gasteiger partial charge < -0.3 is 10.6 Å². The highest BCUT2D eigenvalue weighted by atomic mass is 16.2. The lowest BCUT2D eigenvalue weighted by atomic mass is 10.0. The molecular weight excluding hydrogens is 316 g/mol. The maximum absolute atomic E-state index is 12.5. The molecule has 3 rings (SSSR count). The highest BCUT2D eigenvalue weighted by Crippen LogP contribution is 2.19. The molecule has 0 spiro atoms. The van der Waals surface area contributed by atoms with Gasteiger partial charge in [-0.1, -0.05) is 30.3 Å². The van der Waals surface area contributed by atoms with E-state index >= 15 is 0 Å². The van der Waals surface area contributed by atoms with Gasteiger partial charge in [-0.25, -0.2) is 0 Å². The molecule has 25 heavy (non-hydrogen) atoms. The van der Waals surface area contributed by atoms with Gasteiger partial charge in [0.25, 0.3) is 0 Å². The summed E-state index contributed by atoms with van der Waals surface area (Å²) in [5, 5.41) is 9.99. The second kappa shape index (κ2) is 7.96. The van der Waals surface area contributed by atoms with Crippen molar-refractivity contribution in [3.63, 3.8) is 0 Å². The van der Waals surface area contributed by atoms with Gasteiger partial charge >= 0.3 is 0 Å². The van der Waals surface area contributed by atoms with Crippen molar-refractivity contribution in [3.8, 4) is 0 Å². The first kappa shape index (κ1) is 17.2. The number of benzene rings is 1. The van der Waals surface area contributed by atoms with Gasteiger partial charge in [0.2, 0.25) is 11.8 Å². The van der Waals surface area contributed by atoms with Crippen LogP contribution in [-0.4, -0.2) is 33.7 Å². The standard InChI is InChI=1S/C19H24N4O2/c1-23-13-15(12-20-23)7-10-18(24)22-17(19(25)21-16-8-9-16)11-14-5-3-2-4-6-14/h2-6,12-13,16-17H,7-11H2,1H3,(H,21,25)(H,22,24)/t17-/m0/s1. The Hall–Kier alpha value is -2.63. The second-order valence-electron chi connectivity index (χ2n) is 6.61. The summed E-state index contributed by atoms with van der Waals surface area (Å²) in [6.45, 7) is 0. The maximum atomic E-state index is 12.5. The number of aromatic nitrogens is 2. The summed E-state index contributed by atoms with van der Waals surface area (Å²) >= 11 is 0. The number of rotatable bonds is 8. The van der Waals surface area contributed by atoms with E-state index in [4.69, 9.17) is 0 Å². The third kappa shape index (κ3) is 5.45. The zero-order valence-electron chi connectivity index (χ0n) is 14.4. The lowest BCUT2D eigenvalue weighted by Crippen LogP contribution is -2.48. The monoisotopic (exact) mass is 340 g/mol. The number of nitrogens with one attached hydrogen (secondary N) is 2. The largest absolute Gasteiger partial charge is 0.352 e. The molecule has 1 aliphatic carbocycles. The van der Waals surface area contributed by atoms with Crippen molar-refractivity contribution in [1.82, 2.24) is 20.4 Å². The van der Waals surface area contributed by atoms with Crippen molar-refractivity contribution in [2.24, 2.45) is 7.05 Å². The highest BCUT2D eigenvalue weighted by molar-refractivity contribution is 5.88. The molecule has 1 saturated carbocycles. The topological polar surface area (TPSA) is 76.0 Å². The van der Waals surface area contributed by atoms with Crippen LogP contribution >= 0.6 is 0 Å². The molecule has 6 heteroatoms. The third-order valence-electron chi connectivity index (χ3n) is 4.26. The Morgan fingerprint density at radius 2 is 2.00 bits per heavy atom. The van der Waals surface area contributed by atoms with Crippen molar-refractivity contribution in [1.29, 1.82) is 0 Å². The number of hydrogen-bond acceptors (Lipinski definition) is 3. The van der Waals surface area contributed by atoms with E-state index in [1.807, 2.05) is 43.6 Å². The summed E-state index contributed by atoms with van der Waals surface area (Å²) in [6, 6.07) is 9.50. The highest BCUT2D eigenvalue weighted by Gasteiger charge is 2.28. The Bertz CT molecular complexity index is 722. The van der Waals surface area contributed by atoms with Crippen LogP contribution in [0.5, 0.6) is 0 Å². The molecule has 2 N–H and O–H groups in total. The zero-order chi connectivity index (χ0) is 17.6. The Morgan fingerprint density at radius 3 is 2.64 bits per heavy atom. The molecule has 1 aromatic heterocycles. The van der Waals surface area contributed by atoms with E-state index in [-0.39, 0.29) is 17.9 Å². The fraction of sp³-hybridized carbons (Fsp3) is 0.421. The lowest BCUT2D eigenvalue weighted by molar-refractivity contribution is -0.129. The summed E-state index contributed by atoms with van der Waals surface area (Å²) in [5.74, 6) is -0.211. The van der Waals surface area contributed by atoms with E-state index in [1.165, 1.54) is 0 Å². The van der Waals surface area contributed by atoms with E-state index < -0.39 is 6.04 Å². The maximum Gasteiger partial charge on any atom is 0.243 e. The normalized spacial score (nSPS) is 14.8. The fourth-order valence-electron chi connectivity index (χ4n) is 2.71. The summed E-state index contributed by atoms with van der Waals surface area (Å²) in [6.07, 6.45) is 7.16. The summed E-state index contributed by atoms with van der Waals surface area (Å²) in [7, 11) is 1.85. The van der Waals surface area contributed by atoms with Gasteiger partial charge in [0, 0.05) is 32.1 Å². The van der Waals surface area contributed by atoms with Gasteiger partial charge in [0.15, 0.2) is 0 Å². The molecule has 1 aliphatic rings. The van der Waals surface area contributed by atoms with Crippen LogP contribution in [0.1, 0.15) is 30.4 Å². The van der Waals surface area contributed by atoms with Crippen LogP contribution < -0.4 is 10.6 Å². The molecule has 1 heterocycles. The molecule has 6 nitrogen and oxygen atoms in total. The first-order valence-electron chi connectivity index (χ1n) is 8.71. The molecule has 0 saturated heterocycles. The number of carbonyl (C=O) groups excluding carboxylic acids is 2. The summed E-state index contributed by atoms with van der Waals surface area (Å²) in [4.78, 5) is 24.8. The quantitative estimate of drug-likeness (QED) is 0.762. The minimum Gasteiger partial charge on any atom is -0.352 e. The second-order valence-corrected chi connectivity index (χ2v) is 6.61. The SMILES string of the molecule is Cn1cc(CCC(=O)N[C@@H](Cc2ccccc2)C(=O)NC2CC2)cn1. The van der Waals surface area contributed by atoms with E-state index in [0.29, 0.717) is 19.3 Å². The molecule has 132 valence electrons. The van der Waals surface area contributed by atoms with Crippen LogP contribution in [0.25, 0.3) is 0 Å². The zero-order valence-corrected chi connectivity index (χ0v) is 14.4. The van der Waals surface area contributed by atoms with Gasteiger partial charge in [-0.05, 0) is 30.4 Å². The van der Waals surface area contributed by atoms with E-state index in [2.05, 4.69) is 15.7 Å². The van der Waals surface area contributed by atoms with Crippen LogP contribution in [0.15, 0.2) is 42.7 Å². The predicted octanol–water partition coefficient (Wildman–Crippen LogP) is 1.36. The number of hydrogen-bond donors (Lipinski definition) is 2. The van der Waals surface area contributed by atoms with Crippen molar-refractivity contribution in [2.45, 2.75) is 44.2 Å². The minimum absolute atomic E-state index is 0.0962. The summed E-state index contributed by atoms with van der Waals surface area (Å²) in [5.41, 5.74) is 2.05. The van der Waals surface area contributed by atoms with Crippen molar-refractivity contribution >= 4 is 11.8 Å². The number of aryl methyl sites for hydroxylation is 2. The Labute approximate surface area is 147 Å². The van der Waals surface area contributed by atoms with Crippen LogP contribution in [0, 0.1) is 0 Å². The molecule has 1 atom stereocenters. The van der Waals surface area contributed by atoms with Crippen molar-refractivity contribution in [3.05, 3.63) is 53.9 Å². The van der Waals surface area contributed by atoms with E-state index in [1.54, 1.807) is 10.9 Å². The Balaban J connectivity index is 1.57. The van der Waals surface area contributed by atoms with Gasteiger partial charge in [0.05, 0.1) is 6.20 Å². The molecule has 1 fully saturated rings. The number of nitrogens with zero attached hydrogens (tertiary/aromatic N) is 2. The average Bonchev–Trinajstić information content (AvgIpc) is 3.32. The van der Waals surface area contributed by atoms with Crippen LogP contribution in [0.2, 0.25) is 0 Å². The van der Waals surface area contributed by atoms with Gasteiger partial charge in [0.1, 0.15) is 6.04 Å². The van der Waals surface area contributed by atoms with Gasteiger partial charge in [-0.3, -0.25) is 14.3 Å². The van der Waals surface area contributed by atoms with Crippen LogP contribution in [-0.2, 0) is 29.5 Å². The smallest absolute Gasteiger partial charge is 0.243 e. The lowest BCUT2D eigenvalue weighted by Gasteiger charge is -2.18. The van der Waals surface area contributed by atoms with Crippen molar-refractivity contribution in [2.75, 3.05) is 0 Å². The van der Waals surface area contributed by atoms with Gasteiger partial charge in [-0.15, -0.1) is 0 Å². The van der Waals surface area contributed by atoms with Crippen molar-refractivity contribution < 1.29 is 9.59 Å². The molecule has 0 bridgehead atoms. The first-order valence-corrected chi connectivity index (χ1v) is 8.71. The van der Waals surface area contributed by atoms with E-state index in [9.17, 15) is 9.59 Å². The number of amides is 2. The van der Waals surface area contributed by atoms with Crippen LogP contribution in [0.3, 0.4) is 0 Å². The molecule has 0 radical (unpaired) electrons. The summed E-state index contributed by atoms with van der Waals surface area (Å²) < 4.78 is 1.72. The average molecular weight is 340 g/mol. The fourth-order valence-corrected chi connectivity index (χ4v) is 2.71. The predicted molar refractivity (Wildman–Crippen MR) is 94.8 cm³/mol. The Kier molecular flexibility index (Phi) is 5.48. The molecule has 1 aromatic carbocycles.